The van der Waals surface area contributed by atoms with Crippen LogP contribution in [0.1, 0.15) is 33.1 Å². The summed E-state index contributed by atoms with van der Waals surface area (Å²) in [7, 11) is 0. The van der Waals surface area contributed by atoms with Crippen LogP contribution in [0, 0.1) is 5.92 Å². The van der Waals surface area contributed by atoms with Crippen molar-refractivity contribution in [3.8, 4) is 11.4 Å². The highest BCUT2D eigenvalue weighted by Gasteiger charge is 2.09. The van der Waals surface area contributed by atoms with Gasteiger partial charge >= 0.3 is 6.03 Å². The topological polar surface area (TPSA) is 79.2 Å². The molecule has 0 fully saturated rings. The van der Waals surface area contributed by atoms with Crippen molar-refractivity contribution in [2.45, 2.75) is 39.7 Å². The number of hydrogen-bond acceptors (Lipinski definition) is 3. The lowest BCUT2D eigenvalue weighted by atomic mass is 10.1. The zero-order valence-corrected chi connectivity index (χ0v) is 15.0. The fourth-order valence-electron chi connectivity index (χ4n) is 2.58. The monoisotopic (exact) mass is 344 g/mol. The molecule has 25 heavy (non-hydrogen) atoms. The van der Waals surface area contributed by atoms with E-state index in [0.29, 0.717) is 13.0 Å². The third-order valence-corrected chi connectivity index (χ3v) is 4.08. The summed E-state index contributed by atoms with van der Waals surface area (Å²) in [5.74, 6) is 1.15. The number of nitrogens with zero attached hydrogens (tertiary/aromatic N) is 2. The van der Waals surface area contributed by atoms with E-state index in [0.717, 1.165) is 36.5 Å². The lowest BCUT2D eigenvalue weighted by Gasteiger charge is -2.13. The molecule has 3 N–H and O–H groups in total. The zero-order valence-electron chi connectivity index (χ0n) is 15.0. The Morgan fingerprint density at radius 2 is 2.24 bits per heavy atom. The fourth-order valence-corrected chi connectivity index (χ4v) is 2.58. The van der Waals surface area contributed by atoms with Gasteiger partial charge in [0.05, 0.1) is 0 Å². The number of hydrogen-bond donors (Lipinski definition) is 3. The minimum Gasteiger partial charge on any atom is -0.396 e. The van der Waals surface area contributed by atoms with Crippen LogP contribution < -0.4 is 10.6 Å². The average molecular weight is 344 g/mol. The predicted octanol–water partition coefficient (Wildman–Crippen LogP) is 3.49. The van der Waals surface area contributed by atoms with Crippen molar-refractivity contribution in [2.24, 2.45) is 5.92 Å². The van der Waals surface area contributed by atoms with Gasteiger partial charge in [0.2, 0.25) is 0 Å². The van der Waals surface area contributed by atoms with E-state index in [1.54, 1.807) is 6.20 Å². The first kappa shape index (κ1) is 19.0. The second-order valence-corrected chi connectivity index (χ2v) is 6.33. The van der Waals surface area contributed by atoms with Gasteiger partial charge in [-0.15, -0.1) is 0 Å². The Kier molecular flexibility index (Phi) is 7.47. The number of unbranched alkanes of at least 4 members (excludes halogenated alkanes) is 1. The predicted molar refractivity (Wildman–Crippen MR) is 100 cm³/mol. The van der Waals surface area contributed by atoms with Crippen LogP contribution in [0.15, 0.2) is 36.7 Å². The number of anilines is 1. The van der Waals surface area contributed by atoms with E-state index in [9.17, 15) is 4.79 Å². The molecule has 2 amide bonds. The normalized spacial score (nSPS) is 12.0. The number of rotatable bonds is 9. The summed E-state index contributed by atoms with van der Waals surface area (Å²) in [5.41, 5.74) is 1.71. The lowest BCUT2D eigenvalue weighted by Crippen LogP contribution is -2.32. The van der Waals surface area contributed by atoms with Crippen molar-refractivity contribution in [3.05, 3.63) is 36.7 Å². The van der Waals surface area contributed by atoms with Gasteiger partial charge in [-0.1, -0.05) is 32.4 Å². The van der Waals surface area contributed by atoms with Crippen molar-refractivity contribution in [2.75, 3.05) is 18.5 Å². The van der Waals surface area contributed by atoms with E-state index < -0.39 is 0 Å². The Hall–Kier alpha value is -2.34. The first-order chi connectivity index (χ1) is 12.1. The van der Waals surface area contributed by atoms with E-state index in [1.165, 1.54) is 0 Å². The van der Waals surface area contributed by atoms with Gasteiger partial charge in [-0.2, -0.15) is 0 Å². The van der Waals surface area contributed by atoms with Gasteiger partial charge in [0.1, 0.15) is 5.82 Å². The molecule has 1 heterocycles. The maximum absolute atomic E-state index is 12.0. The number of benzene rings is 1. The largest absolute Gasteiger partial charge is 0.396 e. The van der Waals surface area contributed by atoms with Crippen molar-refractivity contribution in [1.82, 2.24) is 14.9 Å². The fraction of sp³-hybridized carbons (Fsp3) is 0.474. The number of aromatic nitrogens is 2. The van der Waals surface area contributed by atoms with E-state index in [2.05, 4.69) is 27.1 Å². The molecule has 1 unspecified atom stereocenters. The molecule has 1 atom stereocenters. The Bertz CT molecular complexity index is 669. The van der Waals surface area contributed by atoms with Gasteiger partial charge in [0.25, 0.3) is 0 Å². The smallest absolute Gasteiger partial charge is 0.319 e. The molecule has 2 aromatic rings. The summed E-state index contributed by atoms with van der Waals surface area (Å²) in [6.45, 7) is 5.77. The van der Waals surface area contributed by atoms with E-state index in [-0.39, 0.29) is 18.6 Å². The molecule has 136 valence electrons. The average Bonchev–Trinajstić information content (AvgIpc) is 3.07. The summed E-state index contributed by atoms with van der Waals surface area (Å²) < 4.78 is 2.14. The summed E-state index contributed by atoms with van der Waals surface area (Å²) in [6.07, 6.45) is 6.71. The molecule has 0 aliphatic rings. The Morgan fingerprint density at radius 1 is 1.40 bits per heavy atom. The number of urea groups is 1. The van der Waals surface area contributed by atoms with Crippen LogP contribution >= 0.6 is 0 Å². The maximum Gasteiger partial charge on any atom is 0.319 e. The van der Waals surface area contributed by atoms with Gasteiger partial charge in [0, 0.05) is 43.3 Å². The standard InChI is InChI=1S/C19H28N4O2/c1-3-4-10-23-11-9-20-18(23)16-6-5-7-17(13-16)22-19(25)21-14-15(2)8-12-24/h5-7,9,11,13,15,24H,3-4,8,10,12,14H2,1-2H3,(H2,21,22,25). The lowest BCUT2D eigenvalue weighted by molar-refractivity contribution is 0.243. The van der Waals surface area contributed by atoms with E-state index in [4.69, 9.17) is 5.11 Å². The molecule has 0 saturated carbocycles. The SMILES string of the molecule is CCCCn1ccnc1-c1cccc(NC(=O)NCC(C)CCO)c1. The number of nitrogens with one attached hydrogen (secondary N) is 2. The molecule has 0 aliphatic carbocycles. The van der Waals surface area contributed by atoms with E-state index in [1.807, 2.05) is 37.4 Å². The Labute approximate surface area is 149 Å². The van der Waals surface area contributed by atoms with Crippen molar-refractivity contribution < 1.29 is 9.90 Å². The van der Waals surface area contributed by atoms with Gasteiger partial charge in [0.15, 0.2) is 0 Å². The van der Waals surface area contributed by atoms with Crippen molar-refractivity contribution in [1.29, 1.82) is 0 Å². The van der Waals surface area contributed by atoms with Crippen LogP contribution in [-0.4, -0.2) is 33.8 Å². The summed E-state index contributed by atoms with van der Waals surface area (Å²) >= 11 is 0. The molecular formula is C19H28N4O2. The molecule has 1 aromatic carbocycles. The van der Waals surface area contributed by atoms with Crippen LogP contribution in [0.3, 0.4) is 0 Å². The minimum absolute atomic E-state index is 0.136. The van der Waals surface area contributed by atoms with Gasteiger partial charge in [-0.25, -0.2) is 9.78 Å². The zero-order chi connectivity index (χ0) is 18.1. The van der Waals surface area contributed by atoms with Crippen LogP contribution in [0.4, 0.5) is 10.5 Å². The van der Waals surface area contributed by atoms with Gasteiger partial charge < -0.3 is 20.3 Å². The van der Waals surface area contributed by atoms with Gasteiger partial charge in [-0.3, -0.25) is 0 Å². The van der Waals surface area contributed by atoms with E-state index >= 15 is 0 Å². The highest BCUT2D eigenvalue weighted by Crippen LogP contribution is 2.21. The highest BCUT2D eigenvalue weighted by atomic mass is 16.3. The van der Waals surface area contributed by atoms with Crippen molar-refractivity contribution >= 4 is 11.7 Å². The first-order valence-corrected chi connectivity index (χ1v) is 8.91. The highest BCUT2D eigenvalue weighted by molar-refractivity contribution is 5.89. The third-order valence-electron chi connectivity index (χ3n) is 4.08. The van der Waals surface area contributed by atoms with Crippen LogP contribution in [0.2, 0.25) is 0 Å². The summed E-state index contributed by atoms with van der Waals surface area (Å²) in [4.78, 5) is 16.5. The number of imidazole rings is 1. The quantitative estimate of drug-likeness (QED) is 0.651. The number of carbonyl (C=O) groups is 1. The molecule has 0 saturated heterocycles. The molecule has 6 nitrogen and oxygen atoms in total. The molecule has 1 aromatic heterocycles. The van der Waals surface area contributed by atoms with Gasteiger partial charge in [-0.05, 0) is 30.9 Å². The number of amides is 2. The molecule has 6 heteroatoms. The molecule has 0 radical (unpaired) electrons. The number of carbonyl (C=O) groups excluding carboxylic acids is 1. The van der Waals surface area contributed by atoms with Crippen LogP contribution in [-0.2, 0) is 6.54 Å². The molecule has 0 bridgehead atoms. The molecule has 0 aliphatic heterocycles. The maximum atomic E-state index is 12.0. The van der Waals surface area contributed by atoms with Crippen LogP contribution in [0.25, 0.3) is 11.4 Å². The number of aliphatic hydroxyl groups excluding tert-OH is 1. The summed E-state index contributed by atoms with van der Waals surface area (Å²) in [5, 5.41) is 14.6. The number of aliphatic hydroxyl groups is 1. The molecule has 2 rings (SSSR count). The second kappa shape index (κ2) is 9.84. The first-order valence-electron chi connectivity index (χ1n) is 8.91. The van der Waals surface area contributed by atoms with Crippen molar-refractivity contribution in [3.63, 3.8) is 0 Å². The summed E-state index contributed by atoms with van der Waals surface area (Å²) in [6, 6.07) is 7.47. The Balaban J connectivity index is 1.99. The third kappa shape index (κ3) is 5.90. The molecular weight excluding hydrogens is 316 g/mol. The Morgan fingerprint density at radius 3 is 3.00 bits per heavy atom. The van der Waals surface area contributed by atoms with Crippen LogP contribution in [0.5, 0.6) is 0 Å². The number of aryl methyl sites for hydroxylation is 1. The molecule has 0 spiro atoms. The second-order valence-electron chi connectivity index (χ2n) is 6.33. The minimum atomic E-state index is -0.240.